The van der Waals surface area contributed by atoms with E-state index in [1.54, 1.807) is 0 Å². The molecular weight excluding hydrogens is 250 g/mol. The predicted molar refractivity (Wildman–Crippen MR) is 81.3 cm³/mol. The highest BCUT2D eigenvalue weighted by Gasteiger charge is 2.23. The SMILES string of the molecule is CCC1COCCN1CC(=O)c1ccc(C(C)C)cc1. The molecule has 0 aliphatic carbocycles. The van der Waals surface area contributed by atoms with E-state index in [0.29, 0.717) is 18.5 Å². The van der Waals surface area contributed by atoms with Gasteiger partial charge in [-0.25, -0.2) is 0 Å². The van der Waals surface area contributed by atoms with Crippen molar-refractivity contribution in [3.8, 4) is 0 Å². The van der Waals surface area contributed by atoms with Crippen LogP contribution in [-0.2, 0) is 4.74 Å². The third-order valence-corrected chi connectivity index (χ3v) is 4.07. The van der Waals surface area contributed by atoms with E-state index in [4.69, 9.17) is 4.74 Å². The van der Waals surface area contributed by atoms with E-state index >= 15 is 0 Å². The number of hydrogen-bond donors (Lipinski definition) is 0. The van der Waals surface area contributed by atoms with Gasteiger partial charge in [0.1, 0.15) is 0 Å². The van der Waals surface area contributed by atoms with E-state index in [1.807, 2.05) is 12.1 Å². The van der Waals surface area contributed by atoms with Gasteiger partial charge in [-0.05, 0) is 17.9 Å². The predicted octanol–water partition coefficient (Wildman–Crippen LogP) is 3.10. The number of nitrogens with zero attached hydrogens (tertiary/aromatic N) is 1. The first-order valence-corrected chi connectivity index (χ1v) is 7.56. The lowest BCUT2D eigenvalue weighted by atomic mass is 10.00. The van der Waals surface area contributed by atoms with Crippen LogP contribution in [0.1, 0.15) is 49.0 Å². The van der Waals surface area contributed by atoms with E-state index < -0.39 is 0 Å². The van der Waals surface area contributed by atoms with Crippen LogP contribution in [0.3, 0.4) is 0 Å². The van der Waals surface area contributed by atoms with Crippen LogP contribution in [0.25, 0.3) is 0 Å². The number of ether oxygens (including phenoxy) is 1. The molecule has 3 nitrogen and oxygen atoms in total. The first-order chi connectivity index (χ1) is 9.61. The molecule has 1 saturated heterocycles. The molecule has 0 aromatic heterocycles. The molecule has 1 heterocycles. The number of ketones is 1. The zero-order chi connectivity index (χ0) is 14.5. The summed E-state index contributed by atoms with van der Waals surface area (Å²) in [5.74, 6) is 0.712. The smallest absolute Gasteiger partial charge is 0.176 e. The zero-order valence-corrected chi connectivity index (χ0v) is 12.8. The Bertz CT molecular complexity index is 439. The maximum absolute atomic E-state index is 12.4. The molecule has 0 spiro atoms. The van der Waals surface area contributed by atoms with E-state index in [-0.39, 0.29) is 5.78 Å². The molecule has 3 heteroatoms. The third-order valence-electron chi connectivity index (χ3n) is 4.07. The molecule has 0 amide bonds. The molecule has 1 aromatic rings. The number of morpholine rings is 1. The Hall–Kier alpha value is -1.19. The molecule has 20 heavy (non-hydrogen) atoms. The average molecular weight is 275 g/mol. The molecule has 1 fully saturated rings. The molecular formula is C17H25NO2. The third kappa shape index (κ3) is 3.68. The van der Waals surface area contributed by atoms with Gasteiger partial charge in [-0.3, -0.25) is 9.69 Å². The van der Waals surface area contributed by atoms with Gasteiger partial charge in [0, 0.05) is 18.2 Å². The molecule has 0 N–H and O–H groups in total. The summed E-state index contributed by atoms with van der Waals surface area (Å²) < 4.78 is 5.48. The minimum absolute atomic E-state index is 0.209. The van der Waals surface area contributed by atoms with Crippen molar-refractivity contribution in [1.82, 2.24) is 4.90 Å². The van der Waals surface area contributed by atoms with E-state index in [9.17, 15) is 4.79 Å². The van der Waals surface area contributed by atoms with Gasteiger partial charge < -0.3 is 4.74 Å². The van der Waals surface area contributed by atoms with Gasteiger partial charge >= 0.3 is 0 Å². The summed E-state index contributed by atoms with van der Waals surface area (Å²) in [5.41, 5.74) is 2.09. The van der Waals surface area contributed by atoms with Crippen LogP contribution in [0, 0.1) is 0 Å². The monoisotopic (exact) mass is 275 g/mol. The van der Waals surface area contributed by atoms with Crippen molar-refractivity contribution >= 4 is 5.78 Å². The van der Waals surface area contributed by atoms with Crippen LogP contribution in [0.15, 0.2) is 24.3 Å². The van der Waals surface area contributed by atoms with Crippen LogP contribution in [0.2, 0.25) is 0 Å². The number of hydrogen-bond acceptors (Lipinski definition) is 3. The van der Waals surface area contributed by atoms with Gasteiger partial charge in [0.15, 0.2) is 5.78 Å². The largest absolute Gasteiger partial charge is 0.378 e. The number of benzene rings is 1. The molecule has 0 radical (unpaired) electrons. The van der Waals surface area contributed by atoms with Gasteiger partial charge in [0.2, 0.25) is 0 Å². The minimum atomic E-state index is 0.209. The first kappa shape index (κ1) is 15.2. The summed E-state index contributed by atoms with van der Waals surface area (Å²) in [5, 5.41) is 0. The Morgan fingerprint density at radius 2 is 2.05 bits per heavy atom. The fraction of sp³-hybridized carbons (Fsp3) is 0.588. The van der Waals surface area contributed by atoms with Crippen molar-refractivity contribution in [2.45, 2.75) is 39.2 Å². The zero-order valence-electron chi connectivity index (χ0n) is 12.8. The standard InChI is InChI=1S/C17H25NO2/c1-4-16-12-20-10-9-18(16)11-17(19)15-7-5-14(6-8-15)13(2)3/h5-8,13,16H,4,9-12H2,1-3H3. The molecule has 110 valence electrons. The highest BCUT2D eigenvalue weighted by molar-refractivity contribution is 5.97. The lowest BCUT2D eigenvalue weighted by molar-refractivity contribution is -0.00585. The van der Waals surface area contributed by atoms with Gasteiger partial charge in [-0.1, -0.05) is 45.0 Å². The summed E-state index contributed by atoms with van der Waals surface area (Å²) in [6, 6.07) is 8.42. The van der Waals surface area contributed by atoms with Crippen molar-refractivity contribution in [3.63, 3.8) is 0 Å². The van der Waals surface area contributed by atoms with E-state index in [2.05, 4.69) is 37.8 Å². The Morgan fingerprint density at radius 3 is 2.65 bits per heavy atom. The lowest BCUT2D eigenvalue weighted by Gasteiger charge is -2.34. The number of carbonyl (C=O) groups is 1. The van der Waals surface area contributed by atoms with Gasteiger partial charge in [-0.2, -0.15) is 0 Å². The van der Waals surface area contributed by atoms with E-state index in [0.717, 1.165) is 31.7 Å². The van der Waals surface area contributed by atoms with Gasteiger partial charge in [0.05, 0.1) is 19.8 Å². The summed E-state index contributed by atoms with van der Waals surface area (Å²) in [7, 11) is 0. The second-order valence-electron chi connectivity index (χ2n) is 5.81. The molecule has 0 saturated carbocycles. The summed E-state index contributed by atoms with van der Waals surface area (Å²) in [4.78, 5) is 14.6. The summed E-state index contributed by atoms with van der Waals surface area (Å²) in [6.45, 7) is 9.31. The van der Waals surface area contributed by atoms with Crippen LogP contribution in [0.5, 0.6) is 0 Å². The van der Waals surface area contributed by atoms with Crippen molar-refractivity contribution in [3.05, 3.63) is 35.4 Å². The molecule has 1 aromatic carbocycles. The second kappa shape index (κ2) is 7.00. The number of rotatable bonds is 5. The Balaban J connectivity index is 2.00. The summed E-state index contributed by atoms with van der Waals surface area (Å²) in [6.07, 6.45) is 1.03. The van der Waals surface area contributed by atoms with E-state index in [1.165, 1.54) is 5.56 Å². The minimum Gasteiger partial charge on any atom is -0.378 e. The topological polar surface area (TPSA) is 29.5 Å². The van der Waals surface area contributed by atoms with Crippen molar-refractivity contribution < 1.29 is 9.53 Å². The average Bonchev–Trinajstić information content (AvgIpc) is 2.48. The Labute approximate surface area is 121 Å². The maximum atomic E-state index is 12.4. The van der Waals surface area contributed by atoms with Crippen LogP contribution in [-0.4, -0.2) is 43.0 Å². The maximum Gasteiger partial charge on any atom is 0.176 e. The highest BCUT2D eigenvalue weighted by Crippen LogP contribution is 2.16. The Kier molecular flexibility index (Phi) is 5.32. The lowest BCUT2D eigenvalue weighted by Crippen LogP contribution is -2.47. The molecule has 0 bridgehead atoms. The second-order valence-corrected chi connectivity index (χ2v) is 5.81. The molecule has 1 unspecified atom stereocenters. The van der Waals surface area contributed by atoms with Gasteiger partial charge in [0.25, 0.3) is 0 Å². The summed E-state index contributed by atoms with van der Waals surface area (Å²) >= 11 is 0. The van der Waals surface area contributed by atoms with Gasteiger partial charge in [-0.15, -0.1) is 0 Å². The van der Waals surface area contributed by atoms with Crippen LogP contribution in [0.4, 0.5) is 0 Å². The van der Waals surface area contributed by atoms with Crippen molar-refractivity contribution in [1.29, 1.82) is 0 Å². The molecule has 2 rings (SSSR count). The fourth-order valence-electron chi connectivity index (χ4n) is 2.60. The normalized spacial score (nSPS) is 20.3. The van der Waals surface area contributed by atoms with Crippen molar-refractivity contribution in [2.75, 3.05) is 26.3 Å². The number of carbonyl (C=O) groups excluding carboxylic acids is 1. The Morgan fingerprint density at radius 1 is 1.35 bits per heavy atom. The quantitative estimate of drug-likeness (QED) is 0.773. The van der Waals surface area contributed by atoms with Crippen LogP contribution < -0.4 is 0 Å². The van der Waals surface area contributed by atoms with Crippen molar-refractivity contribution in [2.24, 2.45) is 0 Å². The molecule has 1 aliphatic heterocycles. The fourth-order valence-corrected chi connectivity index (χ4v) is 2.60. The molecule has 1 atom stereocenters. The first-order valence-electron chi connectivity index (χ1n) is 7.56. The highest BCUT2D eigenvalue weighted by atomic mass is 16.5. The van der Waals surface area contributed by atoms with Crippen LogP contribution >= 0.6 is 0 Å². The number of Topliss-reactive ketones (excluding diaryl/α,β-unsaturated/α-hetero) is 1. The molecule has 1 aliphatic rings.